The van der Waals surface area contributed by atoms with Gasteiger partial charge >= 0.3 is 0 Å². The molecule has 8 heteroatoms. The summed E-state index contributed by atoms with van der Waals surface area (Å²) >= 11 is 1.43. The monoisotopic (exact) mass is 366 g/mol. The van der Waals surface area contributed by atoms with Gasteiger partial charge in [0.15, 0.2) is 0 Å². The fourth-order valence-corrected chi connectivity index (χ4v) is 4.13. The van der Waals surface area contributed by atoms with Crippen molar-refractivity contribution in [3.8, 4) is 0 Å². The molecule has 0 unspecified atom stereocenters. The molecule has 0 aromatic carbocycles. The topological polar surface area (TPSA) is 67.2 Å². The van der Waals surface area contributed by atoms with Crippen LogP contribution in [0.3, 0.4) is 0 Å². The molecule has 3 rings (SSSR count). The fourth-order valence-electron chi connectivity index (χ4n) is 3.07. The van der Waals surface area contributed by atoms with Crippen molar-refractivity contribution in [3.63, 3.8) is 0 Å². The maximum atomic E-state index is 12.7. The van der Waals surface area contributed by atoms with Crippen LogP contribution in [0.25, 0.3) is 10.2 Å². The lowest BCUT2D eigenvalue weighted by atomic mass is 9.99. The van der Waals surface area contributed by atoms with E-state index in [1.165, 1.54) is 11.3 Å². The van der Waals surface area contributed by atoms with Crippen LogP contribution in [-0.4, -0.2) is 46.3 Å². The van der Waals surface area contributed by atoms with Crippen LogP contribution in [0.1, 0.15) is 41.6 Å². The van der Waals surface area contributed by atoms with Crippen LogP contribution in [0.15, 0.2) is 6.07 Å². The van der Waals surface area contributed by atoms with Crippen molar-refractivity contribution < 1.29 is 14.0 Å². The number of halogens is 1. The molecule has 136 valence electrons. The van der Waals surface area contributed by atoms with Gasteiger partial charge < -0.3 is 10.2 Å². The lowest BCUT2D eigenvalue weighted by Gasteiger charge is -2.29. The van der Waals surface area contributed by atoms with Crippen molar-refractivity contribution in [2.75, 3.05) is 19.8 Å². The number of likely N-dealkylation sites (tertiary alicyclic amines) is 1. The Kier molecular flexibility index (Phi) is 5.36. The van der Waals surface area contributed by atoms with Crippen LogP contribution in [-0.2, 0) is 18.4 Å². The zero-order chi connectivity index (χ0) is 18.0. The van der Waals surface area contributed by atoms with E-state index in [2.05, 4.69) is 17.3 Å². The number of piperidine rings is 1. The van der Waals surface area contributed by atoms with E-state index in [-0.39, 0.29) is 24.8 Å². The summed E-state index contributed by atoms with van der Waals surface area (Å²) in [5.74, 6) is 0.408. The standard InChI is InChI=1S/C17H23FN4O2S/c1-11-4-7-22(8-5-11)16(24)14-9-12-13(10-19-15(23)3-6-18)20-21(2)17(12)25-14/h9,11H,3-8,10H2,1-2H3,(H,19,23). The van der Waals surface area contributed by atoms with Gasteiger partial charge in [0.2, 0.25) is 5.91 Å². The smallest absolute Gasteiger partial charge is 0.264 e. The third kappa shape index (κ3) is 3.84. The maximum absolute atomic E-state index is 12.7. The molecule has 1 aliphatic rings. The molecule has 1 saturated heterocycles. The van der Waals surface area contributed by atoms with Gasteiger partial charge in [0.1, 0.15) is 4.83 Å². The van der Waals surface area contributed by atoms with Crippen molar-refractivity contribution >= 4 is 33.4 Å². The van der Waals surface area contributed by atoms with Crippen molar-refractivity contribution in [1.29, 1.82) is 0 Å². The summed E-state index contributed by atoms with van der Waals surface area (Å²) in [5, 5.41) is 7.94. The normalized spacial score (nSPS) is 15.7. The minimum atomic E-state index is -0.672. The van der Waals surface area contributed by atoms with Gasteiger partial charge in [-0.05, 0) is 24.8 Å². The van der Waals surface area contributed by atoms with Crippen molar-refractivity contribution in [2.24, 2.45) is 13.0 Å². The van der Waals surface area contributed by atoms with E-state index in [0.717, 1.165) is 36.1 Å². The molecule has 0 atom stereocenters. The van der Waals surface area contributed by atoms with Gasteiger partial charge in [-0.1, -0.05) is 6.92 Å². The molecule has 2 aromatic rings. The molecule has 0 radical (unpaired) electrons. The Bertz CT molecular complexity index is 777. The van der Waals surface area contributed by atoms with Gasteiger partial charge in [-0.2, -0.15) is 5.10 Å². The van der Waals surface area contributed by atoms with E-state index in [0.29, 0.717) is 16.5 Å². The molecular formula is C17H23FN4O2S. The first kappa shape index (κ1) is 17.8. The largest absolute Gasteiger partial charge is 0.350 e. The van der Waals surface area contributed by atoms with Crippen molar-refractivity contribution in [3.05, 3.63) is 16.6 Å². The maximum Gasteiger partial charge on any atom is 0.264 e. The van der Waals surface area contributed by atoms with Gasteiger partial charge in [0, 0.05) is 25.5 Å². The van der Waals surface area contributed by atoms with Gasteiger partial charge in [0.25, 0.3) is 5.91 Å². The Morgan fingerprint density at radius 2 is 2.12 bits per heavy atom. The summed E-state index contributed by atoms with van der Waals surface area (Å²) in [4.78, 5) is 27.7. The number of alkyl halides is 1. The number of aromatic nitrogens is 2. The zero-order valence-corrected chi connectivity index (χ0v) is 15.4. The quantitative estimate of drug-likeness (QED) is 0.884. The predicted molar refractivity (Wildman–Crippen MR) is 95.3 cm³/mol. The van der Waals surface area contributed by atoms with Crippen molar-refractivity contribution in [1.82, 2.24) is 20.0 Å². The Balaban J connectivity index is 1.76. The number of nitrogens with one attached hydrogen (secondary N) is 1. The van der Waals surface area contributed by atoms with Crippen LogP contribution < -0.4 is 5.32 Å². The molecule has 2 amide bonds. The summed E-state index contributed by atoms with van der Waals surface area (Å²) in [5.41, 5.74) is 0.701. The summed E-state index contributed by atoms with van der Waals surface area (Å²) in [6.07, 6.45) is 1.95. The Morgan fingerprint density at radius 1 is 1.40 bits per heavy atom. The van der Waals surface area contributed by atoms with E-state index in [4.69, 9.17) is 0 Å². The molecule has 3 heterocycles. The second-order valence-electron chi connectivity index (χ2n) is 6.59. The van der Waals surface area contributed by atoms with Crippen molar-refractivity contribution in [2.45, 2.75) is 32.7 Å². The molecule has 2 aromatic heterocycles. The molecule has 0 aliphatic carbocycles. The third-order valence-corrected chi connectivity index (χ3v) is 5.83. The van der Waals surface area contributed by atoms with E-state index < -0.39 is 6.67 Å². The number of thiophene rings is 1. The molecule has 0 spiro atoms. The fraction of sp³-hybridized carbons (Fsp3) is 0.588. The first-order valence-corrected chi connectivity index (χ1v) is 9.38. The van der Waals surface area contributed by atoms with Crippen LogP contribution in [0.2, 0.25) is 0 Å². The van der Waals surface area contributed by atoms with Gasteiger partial charge in [0.05, 0.1) is 30.2 Å². The molecule has 6 nitrogen and oxygen atoms in total. The molecular weight excluding hydrogens is 343 g/mol. The van der Waals surface area contributed by atoms with Gasteiger partial charge in [-0.15, -0.1) is 11.3 Å². The molecule has 1 N–H and O–H groups in total. The van der Waals surface area contributed by atoms with E-state index in [1.54, 1.807) is 4.68 Å². The average Bonchev–Trinajstić information content (AvgIpc) is 3.14. The van der Waals surface area contributed by atoms with Crippen LogP contribution >= 0.6 is 11.3 Å². The molecule has 1 fully saturated rings. The number of fused-ring (bicyclic) bond motifs is 1. The van der Waals surface area contributed by atoms with Gasteiger partial charge in [-0.25, -0.2) is 0 Å². The molecule has 0 bridgehead atoms. The van der Waals surface area contributed by atoms with Crippen LogP contribution in [0.5, 0.6) is 0 Å². The second-order valence-corrected chi connectivity index (χ2v) is 7.62. The Morgan fingerprint density at radius 3 is 2.80 bits per heavy atom. The number of hydrogen-bond donors (Lipinski definition) is 1. The average molecular weight is 366 g/mol. The van der Waals surface area contributed by atoms with E-state index in [9.17, 15) is 14.0 Å². The summed E-state index contributed by atoms with van der Waals surface area (Å²) in [6.45, 7) is 3.39. The Labute approximate surface area is 150 Å². The predicted octanol–water partition coefficient (Wildman–Crippen LogP) is 2.48. The summed E-state index contributed by atoms with van der Waals surface area (Å²) in [6, 6.07) is 1.87. The van der Waals surface area contributed by atoms with E-state index >= 15 is 0 Å². The minimum Gasteiger partial charge on any atom is -0.350 e. The first-order valence-electron chi connectivity index (χ1n) is 8.57. The highest BCUT2D eigenvalue weighted by Crippen LogP contribution is 2.30. The number of aryl methyl sites for hydroxylation is 1. The highest BCUT2D eigenvalue weighted by Gasteiger charge is 2.24. The number of nitrogens with zero attached hydrogens (tertiary/aromatic N) is 3. The summed E-state index contributed by atoms with van der Waals surface area (Å²) < 4.78 is 13.9. The number of amides is 2. The highest BCUT2D eigenvalue weighted by molar-refractivity contribution is 7.20. The summed E-state index contributed by atoms with van der Waals surface area (Å²) in [7, 11) is 1.82. The third-order valence-electron chi connectivity index (χ3n) is 4.64. The zero-order valence-electron chi connectivity index (χ0n) is 14.5. The lowest BCUT2D eigenvalue weighted by molar-refractivity contribution is -0.121. The number of carbonyl (C=O) groups excluding carboxylic acids is 2. The number of hydrogen-bond acceptors (Lipinski definition) is 4. The number of carbonyl (C=O) groups is 2. The van der Waals surface area contributed by atoms with E-state index in [1.807, 2.05) is 18.0 Å². The lowest BCUT2D eigenvalue weighted by Crippen LogP contribution is -2.37. The SMILES string of the molecule is CC1CCN(C(=O)c2cc3c(CNC(=O)CCF)nn(C)c3s2)CC1. The van der Waals surface area contributed by atoms with Gasteiger partial charge in [-0.3, -0.25) is 18.7 Å². The molecule has 25 heavy (non-hydrogen) atoms. The molecule has 1 aliphatic heterocycles. The van der Waals surface area contributed by atoms with Crippen LogP contribution in [0, 0.1) is 5.92 Å². The first-order chi connectivity index (χ1) is 12.0. The second kappa shape index (κ2) is 7.51. The Hall–Kier alpha value is -1.96. The number of rotatable bonds is 5. The molecule has 0 saturated carbocycles. The highest BCUT2D eigenvalue weighted by atomic mass is 32.1. The van der Waals surface area contributed by atoms with Crippen LogP contribution in [0.4, 0.5) is 4.39 Å². The minimum absolute atomic E-state index is 0.0699.